The van der Waals surface area contributed by atoms with Crippen LogP contribution in [0.4, 0.5) is 14.8 Å². The summed E-state index contributed by atoms with van der Waals surface area (Å²) in [6.07, 6.45) is -2.15. The van der Waals surface area contributed by atoms with Crippen molar-refractivity contribution >= 4 is 11.9 Å². The summed E-state index contributed by atoms with van der Waals surface area (Å²) in [7, 11) is 0. The van der Waals surface area contributed by atoms with Crippen LogP contribution in [0.3, 0.4) is 0 Å². The lowest BCUT2D eigenvalue weighted by Crippen LogP contribution is -2.12. The molecule has 0 spiro atoms. The molecule has 0 saturated carbocycles. The van der Waals surface area contributed by atoms with Gasteiger partial charge in [-0.3, -0.25) is 10.1 Å². The van der Waals surface area contributed by atoms with E-state index in [4.69, 9.17) is 0 Å². The SMILES string of the molecule is O=C(Nc1ncc(C(F)F)o1)c1cc(O)cc(O)c1O. The molecule has 106 valence electrons. The van der Waals surface area contributed by atoms with E-state index in [2.05, 4.69) is 9.40 Å². The summed E-state index contributed by atoms with van der Waals surface area (Å²) in [5.74, 6) is -3.69. The number of aromatic nitrogens is 1. The minimum atomic E-state index is -2.88. The maximum absolute atomic E-state index is 12.3. The number of rotatable bonds is 3. The van der Waals surface area contributed by atoms with Gasteiger partial charge in [0.05, 0.1) is 11.8 Å². The number of oxazole rings is 1. The number of nitrogens with zero attached hydrogens (tertiary/aromatic N) is 1. The van der Waals surface area contributed by atoms with E-state index in [0.29, 0.717) is 0 Å². The van der Waals surface area contributed by atoms with Crippen molar-refractivity contribution < 1.29 is 33.3 Å². The van der Waals surface area contributed by atoms with Crippen molar-refractivity contribution in [3.63, 3.8) is 0 Å². The number of benzene rings is 1. The lowest BCUT2D eigenvalue weighted by Gasteiger charge is -2.06. The van der Waals surface area contributed by atoms with Gasteiger partial charge in [0.2, 0.25) is 0 Å². The van der Waals surface area contributed by atoms with Gasteiger partial charge in [-0.05, 0) is 6.07 Å². The Bertz CT molecular complexity index is 656. The monoisotopic (exact) mass is 286 g/mol. The van der Waals surface area contributed by atoms with E-state index in [1.165, 1.54) is 0 Å². The number of hydrogen-bond acceptors (Lipinski definition) is 6. The molecule has 0 unspecified atom stereocenters. The first-order valence-corrected chi connectivity index (χ1v) is 5.18. The van der Waals surface area contributed by atoms with Crippen LogP contribution in [0.15, 0.2) is 22.7 Å². The number of phenolic OH excluding ortho intramolecular Hbond substituents is 3. The average Bonchev–Trinajstić information content (AvgIpc) is 2.82. The Morgan fingerprint density at radius 3 is 2.60 bits per heavy atom. The van der Waals surface area contributed by atoms with Crippen LogP contribution in [-0.2, 0) is 0 Å². The number of carbonyl (C=O) groups excluding carboxylic acids is 1. The Morgan fingerprint density at radius 1 is 1.30 bits per heavy atom. The van der Waals surface area contributed by atoms with Gasteiger partial charge < -0.3 is 19.7 Å². The van der Waals surface area contributed by atoms with Gasteiger partial charge in [-0.25, -0.2) is 13.8 Å². The van der Waals surface area contributed by atoms with Gasteiger partial charge in [0, 0.05) is 6.07 Å². The molecular formula is C11H8F2N2O5. The number of phenols is 3. The lowest BCUT2D eigenvalue weighted by atomic mass is 10.1. The van der Waals surface area contributed by atoms with E-state index in [1.54, 1.807) is 0 Å². The first kappa shape index (κ1) is 13.6. The van der Waals surface area contributed by atoms with Crippen LogP contribution in [0.1, 0.15) is 22.5 Å². The van der Waals surface area contributed by atoms with Crippen LogP contribution in [0.25, 0.3) is 0 Å². The van der Waals surface area contributed by atoms with Crippen molar-refractivity contribution in [1.29, 1.82) is 0 Å². The molecule has 9 heteroatoms. The van der Waals surface area contributed by atoms with Gasteiger partial charge in [-0.2, -0.15) is 0 Å². The Balaban J connectivity index is 2.23. The molecule has 7 nitrogen and oxygen atoms in total. The molecule has 0 aliphatic carbocycles. The predicted molar refractivity (Wildman–Crippen MR) is 60.8 cm³/mol. The summed E-state index contributed by atoms with van der Waals surface area (Å²) in [5.41, 5.74) is -0.473. The molecule has 0 bridgehead atoms. The number of carbonyl (C=O) groups is 1. The fourth-order valence-corrected chi connectivity index (χ4v) is 1.39. The second-order valence-corrected chi connectivity index (χ2v) is 3.68. The highest BCUT2D eigenvalue weighted by molar-refractivity contribution is 6.05. The van der Waals surface area contributed by atoms with Crippen molar-refractivity contribution in [1.82, 2.24) is 4.98 Å². The van der Waals surface area contributed by atoms with Gasteiger partial charge in [-0.1, -0.05) is 0 Å². The van der Waals surface area contributed by atoms with E-state index in [-0.39, 0.29) is 0 Å². The van der Waals surface area contributed by atoms with E-state index >= 15 is 0 Å². The molecule has 0 aliphatic rings. The number of alkyl halides is 2. The largest absolute Gasteiger partial charge is 0.508 e. The maximum Gasteiger partial charge on any atom is 0.302 e. The summed E-state index contributed by atoms with van der Waals surface area (Å²) < 4.78 is 29.1. The quantitative estimate of drug-likeness (QED) is 0.506. The van der Waals surface area contributed by atoms with Crippen molar-refractivity contribution in [2.24, 2.45) is 0 Å². The van der Waals surface area contributed by atoms with Crippen LogP contribution in [0.5, 0.6) is 17.2 Å². The Labute approximate surface area is 110 Å². The molecule has 1 aromatic carbocycles. The van der Waals surface area contributed by atoms with Gasteiger partial charge in [0.1, 0.15) is 5.75 Å². The summed E-state index contributed by atoms with van der Waals surface area (Å²) in [6, 6.07) is 1.19. The summed E-state index contributed by atoms with van der Waals surface area (Å²) >= 11 is 0. The summed E-state index contributed by atoms with van der Waals surface area (Å²) in [5, 5.41) is 29.9. The van der Waals surface area contributed by atoms with Crippen LogP contribution >= 0.6 is 0 Å². The van der Waals surface area contributed by atoms with E-state index in [0.717, 1.165) is 18.3 Å². The van der Waals surface area contributed by atoms with Gasteiger partial charge in [0.25, 0.3) is 12.3 Å². The van der Waals surface area contributed by atoms with E-state index in [9.17, 15) is 28.9 Å². The molecule has 0 fully saturated rings. The highest BCUT2D eigenvalue weighted by Crippen LogP contribution is 2.33. The normalized spacial score (nSPS) is 10.8. The number of amides is 1. The molecule has 1 heterocycles. The van der Waals surface area contributed by atoms with Crippen LogP contribution in [0, 0.1) is 0 Å². The molecule has 1 aromatic heterocycles. The predicted octanol–water partition coefficient (Wildman–Crippen LogP) is 1.98. The highest BCUT2D eigenvalue weighted by atomic mass is 19.3. The fraction of sp³-hybridized carbons (Fsp3) is 0.0909. The second-order valence-electron chi connectivity index (χ2n) is 3.68. The number of aromatic hydroxyl groups is 3. The van der Waals surface area contributed by atoms with Crippen molar-refractivity contribution in [3.05, 3.63) is 29.7 Å². The third kappa shape index (κ3) is 2.60. The average molecular weight is 286 g/mol. The minimum Gasteiger partial charge on any atom is -0.508 e. The molecule has 0 radical (unpaired) electrons. The minimum absolute atomic E-state index is 0.467. The van der Waals surface area contributed by atoms with Gasteiger partial charge in [-0.15, -0.1) is 0 Å². The molecule has 0 aliphatic heterocycles. The third-order valence-electron chi connectivity index (χ3n) is 2.28. The van der Waals surface area contributed by atoms with Crippen molar-refractivity contribution in [2.75, 3.05) is 5.32 Å². The first-order chi connectivity index (χ1) is 9.38. The van der Waals surface area contributed by atoms with Crippen molar-refractivity contribution in [2.45, 2.75) is 6.43 Å². The number of hydrogen-bond donors (Lipinski definition) is 4. The number of anilines is 1. The molecule has 1 amide bonds. The molecule has 20 heavy (non-hydrogen) atoms. The van der Waals surface area contributed by atoms with Gasteiger partial charge in [0.15, 0.2) is 17.3 Å². The molecule has 4 N–H and O–H groups in total. The van der Waals surface area contributed by atoms with Crippen LogP contribution in [0.2, 0.25) is 0 Å². The maximum atomic E-state index is 12.3. The van der Waals surface area contributed by atoms with Crippen LogP contribution in [-0.4, -0.2) is 26.2 Å². The molecule has 2 aromatic rings. The third-order valence-corrected chi connectivity index (χ3v) is 2.28. The standard InChI is InChI=1S/C11H8F2N2O5/c12-9(13)7-3-14-11(20-7)15-10(19)5-1-4(16)2-6(17)8(5)18/h1-3,9,16-18H,(H,14,15,19). The fourth-order valence-electron chi connectivity index (χ4n) is 1.39. The molecule has 0 atom stereocenters. The Kier molecular flexibility index (Phi) is 3.42. The van der Waals surface area contributed by atoms with Gasteiger partial charge >= 0.3 is 6.01 Å². The zero-order valence-corrected chi connectivity index (χ0v) is 9.67. The second kappa shape index (κ2) is 5.03. The summed E-state index contributed by atoms with van der Waals surface area (Å²) in [4.78, 5) is 15.1. The highest BCUT2D eigenvalue weighted by Gasteiger charge is 2.19. The smallest absolute Gasteiger partial charge is 0.302 e. The van der Waals surface area contributed by atoms with Crippen molar-refractivity contribution in [3.8, 4) is 17.2 Å². The topological polar surface area (TPSA) is 116 Å². The zero-order valence-electron chi connectivity index (χ0n) is 9.67. The van der Waals surface area contributed by atoms with E-state index < -0.39 is 46.9 Å². The first-order valence-electron chi connectivity index (χ1n) is 5.18. The molecule has 2 rings (SSSR count). The number of nitrogens with one attached hydrogen (secondary N) is 1. The zero-order chi connectivity index (χ0) is 14.9. The number of halogens is 2. The van der Waals surface area contributed by atoms with E-state index in [1.807, 2.05) is 5.32 Å². The Hall–Kier alpha value is -2.84. The van der Waals surface area contributed by atoms with Crippen LogP contribution < -0.4 is 5.32 Å². The molecular weight excluding hydrogens is 278 g/mol. The summed E-state index contributed by atoms with van der Waals surface area (Å²) in [6.45, 7) is 0. The Morgan fingerprint density at radius 2 is 2.00 bits per heavy atom. The molecule has 0 saturated heterocycles. The lowest BCUT2D eigenvalue weighted by molar-refractivity contribution is 0.101.